The Bertz CT molecular complexity index is 410. The molecule has 0 N–H and O–H groups in total. The van der Waals surface area contributed by atoms with Crippen LogP contribution < -0.4 is 118 Å². The van der Waals surface area contributed by atoms with Gasteiger partial charge in [0, 0.05) is 20.2 Å². The van der Waals surface area contributed by atoms with Crippen molar-refractivity contribution in [1.29, 1.82) is 0 Å². The molecule has 0 aromatic heterocycles. The Kier molecular flexibility index (Phi) is 51.1. The Morgan fingerprint density at radius 1 is 0.667 bits per heavy atom. The topological polar surface area (TPSA) is 213 Å². The van der Waals surface area contributed by atoms with Gasteiger partial charge in [0.1, 0.15) is 0 Å². The van der Waals surface area contributed by atoms with Crippen LogP contribution in [0.1, 0.15) is 0 Å². The molecule has 102 valence electrons. The van der Waals surface area contributed by atoms with Gasteiger partial charge >= 0.3 is 170 Å². The number of rotatable bonds is 4. The van der Waals surface area contributed by atoms with Crippen molar-refractivity contribution in [3.05, 3.63) is 0 Å². The second-order valence-electron chi connectivity index (χ2n) is 1.36. The van der Waals surface area contributed by atoms with E-state index in [9.17, 15) is 25.9 Å². The van der Waals surface area contributed by atoms with Gasteiger partial charge in [-0.05, 0) is 0 Å². The molecule has 0 saturated heterocycles. The van der Waals surface area contributed by atoms with Gasteiger partial charge in [-0.3, -0.25) is 8.42 Å². The van der Waals surface area contributed by atoms with Crippen LogP contribution in [-0.4, -0.2) is 94.8 Å². The van der Waals surface area contributed by atoms with Gasteiger partial charge in [0.05, 0.1) is 0 Å². The van der Waals surface area contributed by atoms with Gasteiger partial charge in [0.15, 0.2) is 0 Å². The molecular weight excluding hydrogens is 451 g/mol. The van der Waals surface area contributed by atoms with Gasteiger partial charge in [0.25, 0.3) is 0 Å². The monoisotopic (exact) mass is 452 g/mol. The summed E-state index contributed by atoms with van der Waals surface area (Å²) in [4.78, 5) is 0. The largest absolute Gasteiger partial charge is 1.00 e. The standard InChI is InChI=1S/K.4Na.H2O8S2.H2O4S2.H/c;;;;;1-9(2,3)7-8-10(4,5)6;1-5(2)6(3)4;/h;;;;;(H,1,2,3)(H,4,5,6);(H,1,2)(H,3,4);/q;4*+1;;;/p-4. The summed E-state index contributed by atoms with van der Waals surface area (Å²) < 4.78 is 97.8. The van der Waals surface area contributed by atoms with Gasteiger partial charge < -0.3 is 18.2 Å². The Morgan fingerprint density at radius 3 is 0.857 bits per heavy atom. The van der Waals surface area contributed by atoms with E-state index in [4.69, 9.17) is 17.5 Å². The van der Waals surface area contributed by atoms with Crippen LogP contribution in [0.25, 0.3) is 0 Å². The Labute approximate surface area is 256 Å². The molecule has 0 aliphatic rings. The van der Waals surface area contributed by atoms with E-state index >= 15 is 0 Å². The normalized spacial score (nSPS) is 12.0. The van der Waals surface area contributed by atoms with Crippen LogP contribution in [0.15, 0.2) is 0 Å². The maximum Gasteiger partial charge on any atom is 1.00 e. The third-order valence-electron chi connectivity index (χ3n) is 0.306. The van der Waals surface area contributed by atoms with Crippen LogP contribution in [0.5, 0.6) is 0 Å². The molecule has 0 fully saturated rings. The predicted molar refractivity (Wildman–Crippen MR) is 46.6 cm³/mol. The van der Waals surface area contributed by atoms with E-state index in [0.717, 1.165) is 0 Å². The minimum atomic E-state index is -5.31. The first-order chi connectivity index (χ1) is 6.85. The molecule has 2 atom stereocenters. The van der Waals surface area contributed by atoms with Crippen LogP contribution in [0, 0.1) is 0 Å². The zero-order valence-electron chi connectivity index (χ0n) is 10.5. The number of hydrogen-bond donors (Lipinski definition) is 0. The Morgan fingerprint density at radius 2 is 0.810 bits per heavy atom. The number of hydrogen-bond acceptors (Lipinski definition) is 12. The van der Waals surface area contributed by atoms with Crippen molar-refractivity contribution in [1.82, 2.24) is 0 Å². The van der Waals surface area contributed by atoms with Crippen molar-refractivity contribution in [2.45, 2.75) is 0 Å². The first-order valence-electron chi connectivity index (χ1n) is 2.33. The van der Waals surface area contributed by atoms with Crippen molar-refractivity contribution < 1.29 is 170 Å². The van der Waals surface area contributed by atoms with Gasteiger partial charge in [-0.25, -0.2) is 16.8 Å². The maximum absolute atomic E-state index is 9.37. The molecule has 21 heteroatoms. The van der Waals surface area contributed by atoms with Crippen LogP contribution in [0.2, 0.25) is 0 Å². The van der Waals surface area contributed by atoms with E-state index in [1.807, 2.05) is 0 Å². The summed E-state index contributed by atoms with van der Waals surface area (Å²) in [6.07, 6.45) is 0. The van der Waals surface area contributed by atoms with Crippen LogP contribution in [0.4, 0.5) is 0 Å². The fourth-order valence-corrected chi connectivity index (χ4v) is 0.612. The molecule has 0 aliphatic carbocycles. The quantitative estimate of drug-likeness (QED) is 0.0739. The minimum Gasteiger partial charge on any atom is 1.00 e. The third-order valence-corrected chi connectivity index (χ3v) is 1.75. The van der Waals surface area contributed by atoms with E-state index in [2.05, 4.69) is 8.67 Å². The fourth-order valence-electron chi connectivity index (χ4n) is 0.0680. The van der Waals surface area contributed by atoms with Crippen molar-refractivity contribution in [2.75, 3.05) is 0 Å². The average Bonchev–Trinajstić information content (AvgIpc) is 1.99. The molecule has 0 aromatic rings. The summed E-state index contributed by atoms with van der Waals surface area (Å²) in [7, 11) is -16.5. The van der Waals surface area contributed by atoms with Gasteiger partial charge in [0.2, 0.25) is 20.8 Å². The summed E-state index contributed by atoms with van der Waals surface area (Å²) in [6, 6.07) is 0. The summed E-state index contributed by atoms with van der Waals surface area (Å²) in [5.74, 6) is 0. The summed E-state index contributed by atoms with van der Waals surface area (Å²) >= 11 is 0. The summed E-state index contributed by atoms with van der Waals surface area (Å²) in [5.41, 5.74) is 0. The summed E-state index contributed by atoms with van der Waals surface area (Å²) in [5, 5.41) is 0. The van der Waals surface area contributed by atoms with E-state index in [0.29, 0.717) is 0 Å². The molecule has 12 nitrogen and oxygen atoms in total. The van der Waals surface area contributed by atoms with Crippen LogP contribution in [0.3, 0.4) is 0 Å². The first-order valence-corrected chi connectivity index (χ1v) is 7.67. The molecule has 21 heavy (non-hydrogen) atoms. The van der Waals surface area contributed by atoms with Crippen molar-refractivity contribution in [2.24, 2.45) is 0 Å². The smallest absolute Gasteiger partial charge is 1.00 e. The molecule has 0 rings (SSSR count). The second-order valence-corrected chi connectivity index (χ2v) is 5.72. The molecule has 2 unspecified atom stereocenters. The minimum absolute atomic E-state index is 0. The average molecular weight is 452 g/mol. The fraction of sp³-hybridized carbons (Fsp3) is 0. The predicted octanol–water partition coefficient (Wildman–Crippen LogP) is -16.1. The summed E-state index contributed by atoms with van der Waals surface area (Å²) in [6.45, 7) is 0. The molecule has 0 aliphatic heterocycles. The van der Waals surface area contributed by atoms with Crippen molar-refractivity contribution >= 4 is 92.4 Å². The maximum atomic E-state index is 9.37. The van der Waals surface area contributed by atoms with E-state index in [1.165, 1.54) is 0 Å². The molecule has 0 spiro atoms. The zero-order chi connectivity index (χ0) is 13.6. The molecular formula is HKNa4O12S4. The molecule has 0 amide bonds. The second kappa shape index (κ2) is 23.6. The third kappa shape index (κ3) is 51.7. The Balaban J connectivity index is -0.0000000322. The molecule has 0 aromatic carbocycles. The van der Waals surface area contributed by atoms with Gasteiger partial charge in [-0.15, -0.1) is 8.67 Å². The van der Waals surface area contributed by atoms with Crippen molar-refractivity contribution in [3.63, 3.8) is 0 Å². The van der Waals surface area contributed by atoms with E-state index in [-0.39, 0.29) is 170 Å². The van der Waals surface area contributed by atoms with Gasteiger partial charge in [-0.2, -0.15) is 0 Å². The SMILES string of the molecule is O=S(=O)([O-])OOS(=O)(=O)[O-].O=S([O-])S(=O)[O-].[KH].[Na+].[Na+].[Na+].[Na+]. The molecule has 0 radical (unpaired) electrons. The van der Waals surface area contributed by atoms with Crippen LogP contribution >= 0.6 is 0 Å². The van der Waals surface area contributed by atoms with E-state index < -0.39 is 41.0 Å². The van der Waals surface area contributed by atoms with E-state index in [1.54, 1.807) is 0 Å². The Hall–Kier alpha value is 5.60. The zero-order valence-corrected chi connectivity index (χ0v) is 21.8. The molecule has 0 heterocycles. The first kappa shape index (κ1) is 45.4. The molecule has 0 bridgehead atoms. The van der Waals surface area contributed by atoms with Crippen LogP contribution in [-0.2, 0) is 49.7 Å². The van der Waals surface area contributed by atoms with Gasteiger partial charge in [-0.1, -0.05) is 0 Å². The molecule has 0 saturated carbocycles. The van der Waals surface area contributed by atoms with Crippen molar-refractivity contribution in [3.8, 4) is 0 Å².